The lowest BCUT2D eigenvalue weighted by Gasteiger charge is -2.49. The number of nitrogens with zero attached hydrogens (tertiary/aromatic N) is 6. The maximum Gasteiger partial charge on any atom is 0.353 e. The molecule has 0 N–H and O–H groups in total. The summed E-state index contributed by atoms with van der Waals surface area (Å²) in [7, 11) is 4.15. The number of rotatable bonds is 4. The summed E-state index contributed by atoms with van der Waals surface area (Å²) in [4.78, 5) is 29.5. The molecule has 0 unspecified atom stereocenters. The van der Waals surface area contributed by atoms with Gasteiger partial charge in [-0.25, -0.2) is 14.8 Å². The molecule has 2 aromatic heterocycles. The van der Waals surface area contributed by atoms with E-state index in [0.29, 0.717) is 35.2 Å². The van der Waals surface area contributed by atoms with Crippen LogP contribution in [0, 0.1) is 0 Å². The Morgan fingerprint density at radius 3 is 2.18 bits per heavy atom. The molecule has 7 nitrogen and oxygen atoms in total. The summed E-state index contributed by atoms with van der Waals surface area (Å²) in [6, 6.07) is 15.2. The molecule has 170 valence electrons. The van der Waals surface area contributed by atoms with Crippen LogP contribution in [-0.4, -0.2) is 57.2 Å². The molecule has 33 heavy (non-hydrogen) atoms. The van der Waals surface area contributed by atoms with Crippen molar-refractivity contribution in [3.8, 4) is 11.5 Å². The van der Waals surface area contributed by atoms with E-state index in [4.69, 9.17) is 0 Å². The first-order valence-corrected chi connectivity index (χ1v) is 11.2. The summed E-state index contributed by atoms with van der Waals surface area (Å²) in [5.74, 6) is 0.467. The lowest BCUT2D eigenvalue weighted by Crippen LogP contribution is -2.53. The fourth-order valence-corrected chi connectivity index (χ4v) is 5.25. The summed E-state index contributed by atoms with van der Waals surface area (Å²) in [5.41, 5.74) is 1.36. The average Bonchev–Trinajstić information content (AvgIpc) is 3.11. The van der Waals surface area contributed by atoms with Gasteiger partial charge in [-0.05, 0) is 57.5 Å². The highest BCUT2D eigenvalue weighted by molar-refractivity contribution is 5.94. The van der Waals surface area contributed by atoms with Gasteiger partial charge in [0.05, 0.1) is 30.2 Å². The fraction of sp³-hybridized carbons (Fsp3) is 0.360. The van der Waals surface area contributed by atoms with E-state index in [2.05, 4.69) is 46.1 Å². The minimum Gasteiger partial charge on any atom is -0.300 e. The van der Waals surface area contributed by atoms with Crippen LogP contribution in [0.3, 0.4) is 0 Å². The largest absolute Gasteiger partial charge is 0.353 e. The second kappa shape index (κ2) is 8.19. The van der Waals surface area contributed by atoms with Crippen LogP contribution in [0.5, 0.6) is 0 Å². The molecule has 3 heterocycles. The Morgan fingerprint density at radius 1 is 0.909 bits per heavy atom. The Hall–Kier alpha value is -3.39. The number of amides is 2. The number of urea groups is 1. The Balaban J connectivity index is 1.37. The Labute approximate surface area is 192 Å². The van der Waals surface area contributed by atoms with Gasteiger partial charge in [0.2, 0.25) is 0 Å². The first-order valence-electron chi connectivity index (χ1n) is 11.2. The maximum absolute atomic E-state index is 15.4. The highest BCUT2D eigenvalue weighted by Crippen LogP contribution is 2.49. The van der Waals surface area contributed by atoms with Gasteiger partial charge in [-0.1, -0.05) is 40.9 Å². The average molecular weight is 447 g/mol. The standard InChI is InChI=1S/C25H27FN6O/c1-30(2)25(19-8-4-3-5-9-19)13-11-24(12-14-25)18-31(23(33)32(24)26)20-16-28-22(29-17-20)21-10-6-7-15-27-21/h3-10,15-17H,11-14,18H2,1-2H3. The van der Waals surface area contributed by atoms with Crippen LogP contribution in [0.1, 0.15) is 31.2 Å². The van der Waals surface area contributed by atoms with Crippen molar-refractivity contribution in [2.75, 3.05) is 25.5 Å². The number of carbonyl (C=O) groups is 1. The zero-order valence-electron chi connectivity index (χ0n) is 18.9. The van der Waals surface area contributed by atoms with Gasteiger partial charge < -0.3 is 0 Å². The molecule has 2 aliphatic rings. The van der Waals surface area contributed by atoms with E-state index in [1.807, 2.05) is 36.4 Å². The van der Waals surface area contributed by atoms with Crippen LogP contribution in [0.2, 0.25) is 0 Å². The molecule has 0 radical (unpaired) electrons. The van der Waals surface area contributed by atoms with Crippen molar-refractivity contribution in [3.05, 3.63) is 72.7 Å². The number of halogens is 1. The molecule has 1 aliphatic heterocycles. The van der Waals surface area contributed by atoms with Gasteiger partial charge in [-0.2, -0.15) is 5.12 Å². The lowest BCUT2D eigenvalue weighted by molar-refractivity contribution is -0.0562. The topological polar surface area (TPSA) is 65.5 Å². The van der Waals surface area contributed by atoms with Crippen LogP contribution < -0.4 is 4.90 Å². The number of pyridine rings is 1. The molecule has 8 heteroatoms. The number of aromatic nitrogens is 3. The van der Waals surface area contributed by atoms with Gasteiger partial charge in [0.25, 0.3) is 0 Å². The van der Waals surface area contributed by atoms with Crippen LogP contribution in [0.4, 0.5) is 15.0 Å². The number of hydrogen-bond donors (Lipinski definition) is 0. The smallest absolute Gasteiger partial charge is 0.300 e. The van der Waals surface area contributed by atoms with E-state index < -0.39 is 11.6 Å². The molecule has 1 saturated carbocycles. The van der Waals surface area contributed by atoms with Crippen LogP contribution >= 0.6 is 0 Å². The third kappa shape index (κ3) is 3.54. The van der Waals surface area contributed by atoms with Crippen LogP contribution in [0.25, 0.3) is 11.5 Å². The summed E-state index contributed by atoms with van der Waals surface area (Å²) in [6.07, 6.45) is 7.49. The molecular formula is C25H27FN6O. The molecule has 2 amide bonds. The second-order valence-corrected chi connectivity index (χ2v) is 9.15. The van der Waals surface area contributed by atoms with E-state index in [1.165, 1.54) is 10.5 Å². The van der Waals surface area contributed by atoms with E-state index >= 15 is 4.48 Å². The molecule has 0 atom stereocenters. The molecule has 1 aliphatic carbocycles. The van der Waals surface area contributed by atoms with E-state index in [9.17, 15) is 4.79 Å². The quantitative estimate of drug-likeness (QED) is 0.555. The van der Waals surface area contributed by atoms with Crippen molar-refractivity contribution < 1.29 is 9.28 Å². The van der Waals surface area contributed by atoms with Crippen molar-refractivity contribution in [1.82, 2.24) is 25.0 Å². The number of hydrogen-bond acceptors (Lipinski definition) is 5. The molecule has 5 rings (SSSR count). The van der Waals surface area contributed by atoms with Crippen molar-refractivity contribution in [2.45, 2.75) is 36.8 Å². The SMILES string of the molecule is CN(C)C1(c2ccccc2)CCC2(CC1)CN(c1cnc(-c3ccccn3)nc1)C(=O)N2F. The zero-order chi connectivity index (χ0) is 23.1. The van der Waals surface area contributed by atoms with Gasteiger partial charge in [0.15, 0.2) is 5.82 Å². The molecule has 0 bridgehead atoms. The molecule has 1 spiro atoms. The highest BCUT2D eigenvalue weighted by atomic mass is 19.2. The highest BCUT2D eigenvalue weighted by Gasteiger charge is 2.56. The normalized spacial score (nSPS) is 25.3. The number of benzene rings is 1. The molecule has 2 fully saturated rings. The predicted octanol–water partition coefficient (Wildman–Crippen LogP) is 4.44. The van der Waals surface area contributed by atoms with Gasteiger partial charge in [-0.15, -0.1) is 0 Å². The summed E-state index contributed by atoms with van der Waals surface area (Å²) in [5, 5.41) is 0.449. The predicted molar refractivity (Wildman–Crippen MR) is 124 cm³/mol. The van der Waals surface area contributed by atoms with E-state index in [-0.39, 0.29) is 12.1 Å². The van der Waals surface area contributed by atoms with Crippen LogP contribution in [0.15, 0.2) is 67.1 Å². The molecular weight excluding hydrogens is 419 g/mol. The van der Waals surface area contributed by atoms with Gasteiger partial charge >= 0.3 is 6.03 Å². The third-order valence-electron chi connectivity index (χ3n) is 7.29. The fourth-order valence-electron chi connectivity index (χ4n) is 5.25. The molecule has 1 aromatic carbocycles. The Kier molecular flexibility index (Phi) is 5.32. The van der Waals surface area contributed by atoms with Crippen LogP contribution in [-0.2, 0) is 5.54 Å². The number of carbonyl (C=O) groups excluding carboxylic acids is 1. The minimum absolute atomic E-state index is 0.169. The zero-order valence-corrected chi connectivity index (χ0v) is 18.9. The lowest BCUT2D eigenvalue weighted by atomic mass is 9.68. The Bertz CT molecular complexity index is 1110. The molecule has 1 saturated heterocycles. The van der Waals surface area contributed by atoms with Gasteiger partial charge in [0.1, 0.15) is 5.69 Å². The summed E-state index contributed by atoms with van der Waals surface area (Å²) >= 11 is 0. The van der Waals surface area contributed by atoms with Crippen molar-refractivity contribution in [3.63, 3.8) is 0 Å². The first kappa shape index (κ1) is 21.5. The van der Waals surface area contributed by atoms with Gasteiger partial charge in [-0.3, -0.25) is 14.8 Å². The maximum atomic E-state index is 15.4. The van der Waals surface area contributed by atoms with Gasteiger partial charge in [0, 0.05) is 11.7 Å². The van der Waals surface area contributed by atoms with Crippen molar-refractivity contribution >= 4 is 11.7 Å². The second-order valence-electron chi connectivity index (χ2n) is 9.15. The van der Waals surface area contributed by atoms with E-state index in [1.54, 1.807) is 18.6 Å². The number of anilines is 1. The monoisotopic (exact) mass is 446 g/mol. The first-order chi connectivity index (χ1) is 16.0. The Morgan fingerprint density at radius 2 is 1.58 bits per heavy atom. The van der Waals surface area contributed by atoms with Crippen molar-refractivity contribution in [1.29, 1.82) is 0 Å². The van der Waals surface area contributed by atoms with Crippen molar-refractivity contribution in [2.24, 2.45) is 0 Å². The molecule has 3 aromatic rings. The summed E-state index contributed by atoms with van der Waals surface area (Å²) < 4.78 is 15.4. The summed E-state index contributed by atoms with van der Waals surface area (Å²) in [6.45, 7) is 0.285. The minimum atomic E-state index is -0.842. The van der Waals surface area contributed by atoms with E-state index in [0.717, 1.165) is 12.8 Å². The third-order valence-corrected chi connectivity index (χ3v) is 7.29.